The van der Waals surface area contributed by atoms with Crippen molar-refractivity contribution >= 4 is 27.2 Å². The number of carbonyl (C=O) groups is 2. The minimum Gasteiger partial charge on any atom is -0.459 e. The molecule has 1 unspecified atom stereocenters. The summed E-state index contributed by atoms with van der Waals surface area (Å²) in [4.78, 5) is 32.5. The molecular weight excluding hydrogens is 564 g/mol. The highest BCUT2D eigenvalue weighted by Crippen LogP contribution is 2.19. The Hall–Kier alpha value is -4.56. The second kappa shape index (κ2) is 13.6. The van der Waals surface area contributed by atoms with Gasteiger partial charge in [0.2, 0.25) is 0 Å². The third-order valence-corrected chi connectivity index (χ3v) is 9.32. The van der Waals surface area contributed by atoms with Gasteiger partial charge in [-0.05, 0) is 68.8 Å². The SMILES string of the molecule is Cc1ccoc1C(=O)Nc1cccc(C#Cc2cncc(C(=O)N=[S@](=O)(CCCN3CCC(O)C3)c3ccccc3)c2)c1. The highest BCUT2D eigenvalue weighted by atomic mass is 32.2. The Morgan fingerprint density at radius 2 is 1.91 bits per heavy atom. The fraction of sp³-hybridized carbons (Fsp3) is 0.242. The summed E-state index contributed by atoms with van der Waals surface area (Å²) in [6, 6.07) is 19.2. The molecule has 0 bridgehead atoms. The number of aliphatic hydroxyl groups is 1. The first-order valence-electron chi connectivity index (χ1n) is 14.0. The van der Waals surface area contributed by atoms with Crippen LogP contribution in [0.2, 0.25) is 0 Å². The summed E-state index contributed by atoms with van der Waals surface area (Å²) in [5, 5.41) is 12.6. The molecule has 0 saturated carbocycles. The van der Waals surface area contributed by atoms with Gasteiger partial charge in [-0.2, -0.15) is 4.36 Å². The van der Waals surface area contributed by atoms with E-state index in [9.17, 15) is 18.9 Å². The first-order valence-corrected chi connectivity index (χ1v) is 15.6. The van der Waals surface area contributed by atoms with Crippen molar-refractivity contribution in [3.8, 4) is 11.8 Å². The summed E-state index contributed by atoms with van der Waals surface area (Å²) in [5.41, 5.74) is 2.62. The first-order chi connectivity index (χ1) is 20.8. The molecule has 0 radical (unpaired) electrons. The molecule has 1 fully saturated rings. The van der Waals surface area contributed by atoms with Crippen LogP contribution in [0.25, 0.3) is 0 Å². The Bertz CT molecular complexity index is 1800. The van der Waals surface area contributed by atoms with Gasteiger partial charge < -0.3 is 19.7 Å². The molecule has 3 heterocycles. The maximum Gasteiger partial charge on any atom is 0.291 e. The van der Waals surface area contributed by atoms with Crippen LogP contribution in [0.15, 0.2) is 99.1 Å². The number of furan rings is 1. The lowest BCUT2D eigenvalue weighted by molar-refractivity contribution is 0.0991. The van der Waals surface area contributed by atoms with E-state index in [1.165, 1.54) is 18.7 Å². The van der Waals surface area contributed by atoms with Crippen molar-refractivity contribution in [1.29, 1.82) is 0 Å². The van der Waals surface area contributed by atoms with E-state index in [2.05, 4.69) is 31.4 Å². The lowest BCUT2D eigenvalue weighted by Gasteiger charge is -2.16. The normalized spacial score (nSPS) is 16.1. The van der Waals surface area contributed by atoms with Crippen LogP contribution < -0.4 is 5.32 Å². The van der Waals surface area contributed by atoms with E-state index in [1.54, 1.807) is 67.6 Å². The van der Waals surface area contributed by atoms with Crippen molar-refractivity contribution in [1.82, 2.24) is 9.88 Å². The molecule has 10 heteroatoms. The fourth-order valence-electron chi connectivity index (χ4n) is 4.77. The van der Waals surface area contributed by atoms with Crippen molar-refractivity contribution in [3.63, 3.8) is 0 Å². The molecule has 2 atom stereocenters. The smallest absolute Gasteiger partial charge is 0.291 e. The monoisotopic (exact) mass is 596 g/mol. The molecule has 1 aliphatic rings. The molecule has 4 aromatic rings. The molecule has 2 aromatic carbocycles. The number of anilines is 1. The molecule has 5 rings (SSSR count). The predicted molar refractivity (Wildman–Crippen MR) is 164 cm³/mol. The minimum atomic E-state index is -3.04. The maximum absolute atomic E-state index is 14.1. The third kappa shape index (κ3) is 7.84. The van der Waals surface area contributed by atoms with Gasteiger partial charge in [0.15, 0.2) is 5.76 Å². The topological polar surface area (TPSA) is 125 Å². The summed E-state index contributed by atoms with van der Waals surface area (Å²) in [5.74, 6) is 5.52. The van der Waals surface area contributed by atoms with E-state index in [-0.39, 0.29) is 29.1 Å². The molecule has 0 spiro atoms. The largest absolute Gasteiger partial charge is 0.459 e. The van der Waals surface area contributed by atoms with Gasteiger partial charge in [0.25, 0.3) is 11.8 Å². The summed E-state index contributed by atoms with van der Waals surface area (Å²) < 4.78 is 23.6. The standard InChI is InChI=1S/C33H32N4O5S/c1-24-14-17-42-31(24)33(40)35-28-8-5-7-25(20-28)11-12-26-19-27(22-34-21-26)32(39)36-43(41,30-9-3-2-4-10-30)18-6-15-37-16-13-29(38)23-37/h2-5,7-10,14,17,19-22,29,38H,6,13,15-16,18,23H2,1H3,(H,35,40)/t29?,43-/m0/s1. The quantitative estimate of drug-likeness (QED) is 0.281. The summed E-state index contributed by atoms with van der Waals surface area (Å²) >= 11 is 0. The number of carbonyl (C=O) groups excluding carboxylic acids is 2. The predicted octanol–water partition coefficient (Wildman–Crippen LogP) is 4.76. The number of hydrogen-bond donors (Lipinski definition) is 2. The fourth-order valence-corrected chi connectivity index (χ4v) is 6.68. The van der Waals surface area contributed by atoms with Crippen LogP contribution >= 0.6 is 0 Å². The van der Waals surface area contributed by atoms with Crippen LogP contribution in [0.3, 0.4) is 0 Å². The zero-order chi connectivity index (χ0) is 30.2. The molecule has 0 aliphatic carbocycles. The van der Waals surface area contributed by atoms with Crippen LogP contribution in [0.5, 0.6) is 0 Å². The minimum absolute atomic E-state index is 0.188. The summed E-state index contributed by atoms with van der Waals surface area (Å²) in [6.07, 6.45) is 5.37. The number of rotatable bonds is 8. The highest BCUT2D eigenvalue weighted by Gasteiger charge is 2.22. The Morgan fingerprint density at radius 1 is 1.09 bits per heavy atom. The van der Waals surface area contributed by atoms with Gasteiger partial charge in [-0.3, -0.25) is 14.6 Å². The van der Waals surface area contributed by atoms with Crippen molar-refractivity contribution in [2.45, 2.75) is 30.8 Å². The molecule has 2 amide bonds. The molecule has 2 N–H and O–H groups in total. The first kappa shape index (κ1) is 29.9. The van der Waals surface area contributed by atoms with Gasteiger partial charge in [0, 0.05) is 58.5 Å². The molecule has 1 saturated heterocycles. The van der Waals surface area contributed by atoms with E-state index in [0.717, 1.165) is 18.5 Å². The maximum atomic E-state index is 14.1. The number of likely N-dealkylation sites (tertiary alicyclic amines) is 1. The lowest BCUT2D eigenvalue weighted by Crippen LogP contribution is -2.25. The zero-order valence-electron chi connectivity index (χ0n) is 23.7. The summed E-state index contributed by atoms with van der Waals surface area (Å²) in [7, 11) is -3.04. The van der Waals surface area contributed by atoms with Crippen molar-refractivity contribution in [2.75, 3.05) is 30.7 Å². The number of aromatic nitrogens is 1. The van der Waals surface area contributed by atoms with Gasteiger partial charge in [-0.1, -0.05) is 36.1 Å². The Morgan fingerprint density at radius 3 is 2.65 bits per heavy atom. The molecule has 220 valence electrons. The number of aliphatic hydroxyl groups excluding tert-OH is 1. The number of aryl methyl sites for hydroxylation is 1. The van der Waals surface area contributed by atoms with E-state index >= 15 is 0 Å². The number of hydrogen-bond acceptors (Lipinski definition) is 7. The molecule has 1 aliphatic heterocycles. The average molecular weight is 597 g/mol. The number of β-amino-alcohol motifs (C(OH)–C–C–N with tert-alkyl or cyclic N) is 1. The van der Waals surface area contributed by atoms with Gasteiger partial charge in [0.1, 0.15) is 0 Å². The van der Waals surface area contributed by atoms with Crippen LogP contribution in [0.1, 0.15) is 50.4 Å². The Labute approximate surface area is 251 Å². The van der Waals surface area contributed by atoms with Crippen molar-refractivity contribution in [2.24, 2.45) is 4.36 Å². The molecule has 9 nitrogen and oxygen atoms in total. The number of nitrogens with zero attached hydrogens (tertiary/aromatic N) is 3. The molecular formula is C33H32N4O5S. The number of nitrogens with one attached hydrogen (secondary N) is 1. The van der Waals surface area contributed by atoms with E-state index < -0.39 is 15.6 Å². The zero-order valence-corrected chi connectivity index (χ0v) is 24.5. The molecule has 2 aromatic heterocycles. The second-order valence-electron chi connectivity index (χ2n) is 10.3. The Balaban J connectivity index is 1.32. The van der Waals surface area contributed by atoms with Crippen molar-refractivity contribution < 1.29 is 23.3 Å². The van der Waals surface area contributed by atoms with Gasteiger partial charge in [0.05, 0.1) is 27.7 Å². The highest BCUT2D eigenvalue weighted by molar-refractivity contribution is 7.94. The Kier molecular flexibility index (Phi) is 9.47. The number of benzene rings is 2. The second-order valence-corrected chi connectivity index (χ2v) is 12.7. The van der Waals surface area contributed by atoms with Crippen LogP contribution in [-0.4, -0.2) is 62.5 Å². The van der Waals surface area contributed by atoms with Gasteiger partial charge >= 0.3 is 0 Å². The van der Waals surface area contributed by atoms with E-state index in [0.29, 0.717) is 41.2 Å². The van der Waals surface area contributed by atoms with Gasteiger partial charge in [-0.25, -0.2) is 4.21 Å². The molecule has 43 heavy (non-hydrogen) atoms. The number of amides is 2. The van der Waals surface area contributed by atoms with Crippen molar-refractivity contribution in [3.05, 3.63) is 113 Å². The lowest BCUT2D eigenvalue weighted by atomic mass is 10.1. The van der Waals surface area contributed by atoms with Crippen LogP contribution in [-0.2, 0) is 9.73 Å². The van der Waals surface area contributed by atoms with Crippen LogP contribution in [0.4, 0.5) is 5.69 Å². The van der Waals surface area contributed by atoms with E-state index in [1.807, 2.05) is 6.07 Å². The number of pyridine rings is 1. The average Bonchev–Trinajstić information content (AvgIpc) is 3.64. The third-order valence-electron chi connectivity index (χ3n) is 7.01. The van der Waals surface area contributed by atoms with Crippen LogP contribution in [0, 0.1) is 18.8 Å². The van der Waals surface area contributed by atoms with E-state index in [4.69, 9.17) is 4.42 Å². The van der Waals surface area contributed by atoms with Gasteiger partial charge in [-0.15, -0.1) is 0 Å². The summed E-state index contributed by atoms with van der Waals surface area (Å²) in [6.45, 7) is 3.87.